The summed E-state index contributed by atoms with van der Waals surface area (Å²) in [5.74, 6) is -0.174. The van der Waals surface area contributed by atoms with Gasteiger partial charge in [0.25, 0.3) is 0 Å². The average molecular weight is 172 g/mol. The smallest absolute Gasteiger partial charge is 0.422 e. The molecule has 0 aromatic rings. The van der Waals surface area contributed by atoms with Gasteiger partial charge in [-0.05, 0) is 0 Å². The molecule has 2 heterocycles. The van der Waals surface area contributed by atoms with Gasteiger partial charge in [0.05, 0.1) is 0 Å². The fourth-order valence-electron chi connectivity index (χ4n) is 1.53. The minimum atomic E-state index is -1.14. The number of rotatable bonds is 0. The van der Waals surface area contributed by atoms with Crippen LogP contribution in [0, 0.1) is 0 Å². The Kier molecular flexibility index (Phi) is 1.52. The standard InChI is InChI=1S/C6H8N2O4/c9-3-2-12-4-1-7-8(5(3)4)6(10)11/h4-5,7H,1-2H2,(H,10,11)/t4-,5-/m1/s1. The van der Waals surface area contributed by atoms with E-state index >= 15 is 0 Å². The third kappa shape index (κ3) is 0.886. The topological polar surface area (TPSA) is 78.9 Å². The Hall–Kier alpha value is -1.14. The van der Waals surface area contributed by atoms with Crippen molar-refractivity contribution in [2.45, 2.75) is 12.1 Å². The molecule has 12 heavy (non-hydrogen) atoms. The van der Waals surface area contributed by atoms with E-state index in [4.69, 9.17) is 9.84 Å². The molecule has 0 aromatic heterocycles. The fourth-order valence-corrected chi connectivity index (χ4v) is 1.53. The number of hydrogen-bond donors (Lipinski definition) is 2. The lowest BCUT2D eigenvalue weighted by molar-refractivity contribution is -0.121. The van der Waals surface area contributed by atoms with Gasteiger partial charge >= 0.3 is 6.09 Å². The second-order valence-electron chi connectivity index (χ2n) is 2.78. The normalized spacial score (nSPS) is 34.0. The largest absolute Gasteiger partial charge is 0.464 e. The molecular weight excluding hydrogens is 164 g/mol. The van der Waals surface area contributed by atoms with Crippen LogP contribution in [0.5, 0.6) is 0 Å². The van der Waals surface area contributed by atoms with E-state index in [1.807, 2.05) is 0 Å². The van der Waals surface area contributed by atoms with Gasteiger partial charge in [-0.2, -0.15) is 0 Å². The summed E-state index contributed by atoms with van der Waals surface area (Å²) in [7, 11) is 0. The number of nitrogens with one attached hydrogen (secondary N) is 1. The Bertz CT molecular complexity index is 242. The van der Waals surface area contributed by atoms with Crippen LogP contribution in [0.4, 0.5) is 4.79 Å². The lowest BCUT2D eigenvalue weighted by Gasteiger charge is -2.16. The van der Waals surface area contributed by atoms with Crippen molar-refractivity contribution in [3.63, 3.8) is 0 Å². The molecule has 1 amide bonds. The monoisotopic (exact) mass is 172 g/mol. The van der Waals surface area contributed by atoms with E-state index in [9.17, 15) is 9.59 Å². The molecule has 0 radical (unpaired) electrons. The second-order valence-corrected chi connectivity index (χ2v) is 2.78. The Morgan fingerprint density at radius 2 is 2.50 bits per heavy atom. The van der Waals surface area contributed by atoms with Gasteiger partial charge in [-0.25, -0.2) is 15.2 Å². The number of ether oxygens (including phenoxy) is 1. The zero-order valence-corrected chi connectivity index (χ0v) is 6.19. The predicted molar refractivity (Wildman–Crippen MR) is 36.4 cm³/mol. The van der Waals surface area contributed by atoms with Crippen molar-refractivity contribution in [1.82, 2.24) is 10.4 Å². The number of nitrogens with zero attached hydrogens (tertiary/aromatic N) is 1. The van der Waals surface area contributed by atoms with Crippen LogP contribution < -0.4 is 5.43 Å². The summed E-state index contributed by atoms with van der Waals surface area (Å²) in [5.41, 5.74) is 2.58. The highest BCUT2D eigenvalue weighted by atomic mass is 16.5. The fraction of sp³-hybridized carbons (Fsp3) is 0.667. The first kappa shape index (κ1) is 7.51. The SMILES string of the molecule is O=C1CO[C@@H]2CNN(C(=O)O)[C@H]12. The molecule has 0 bridgehead atoms. The highest BCUT2D eigenvalue weighted by molar-refractivity contribution is 5.90. The minimum absolute atomic E-state index is 0.0286. The van der Waals surface area contributed by atoms with Gasteiger partial charge < -0.3 is 9.84 Å². The number of amides is 1. The summed E-state index contributed by atoms with van der Waals surface area (Å²) >= 11 is 0. The molecule has 2 N–H and O–H groups in total. The first-order valence-corrected chi connectivity index (χ1v) is 3.60. The average Bonchev–Trinajstić information content (AvgIpc) is 2.53. The number of fused-ring (bicyclic) bond motifs is 1. The number of carbonyl (C=O) groups excluding carboxylic acids is 1. The molecule has 2 fully saturated rings. The van der Waals surface area contributed by atoms with Crippen molar-refractivity contribution >= 4 is 11.9 Å². The number of ketones is 1. The third-order valence-corrected chi connectivity index (χ3v) is 2.07. The van der Waals surface area contributed by atoms with Gasteiger partial charge in [-0.3, -0.25) is 4.79 Å². The van der Waals surface area contributed by atoms with Crippen LogP contribution >= 0.6 is 0 Å². The van der Waals surface area contributed by atoms with Crippen molar-refractivity contribution in [3.8, 4) is 0 Å². The number of carbonyl (C=O) groups is 2. The van der Waals surface area contributed by atoms with Crippen LogP contribution in [0.25, 0.3) is 0 Å². The summed E-state index contributed by atoms with van der Waals surface area (Å²) in [5, 5.41) is 9.55. The lowest BCUT2D eigenvalue weighted by atomic mass is 10.1. The van der Waals surface area contributed by atoms with Crippen LogP contribution in [-0.4, -0.2) is 47.3 Å². The van der Waals surface area contributed by atoms with Gasteiger partial charge in [0.2, 0.25) is 0 Å². The first-order valence-electron chi connectivity index (χ1n) is 3.60. The molecule has 2 saturated heterocycles. The molecule has 6 nitrogen and oxygen atoms in total. The van der Waals surface area contributed by atoms with Crippen LogP contribution in [0.3, 0.4) is 0 Å². The molecular formula is C6H8N2O4. The number of Topliss-reactive ketones (excluding diaryl/α,β-unsaturated/α-hetero) is 1. The van der Waals surface area contributed by atoms with Crippen LogP contribution in [-0.2, 0) is 9.53 Å². The first-order chi connectivity index (χ1) is 5.70. The van der Waals surface area contributed by atoms with Crippen molar-refractivity contribution in [1.29, 1.82) is 0 Å². The van der Waals surface area contributed by atoms with E-state index in [2.05, 4.69) is 5.43 Å². The number of carboxylic acid groups (broad SMARTS) is 1. The Morgan fingerprint density at radius 3 is 3.17 bits per heavy atom. The molecule has 0 saturated carbocycles. The van der Waals surface area contributed by atoms with E-state index < -0.39 is 12.1 Å². The van der Waals surface area contributed by atoms with Gasteiger partial charge in [0, 0.05) is 6.54 Å². The Morgan fingerprint density at radius 1 is 1.75 bits per heavy atom. The molecule has 0 aromatic carbocycles. The zero-order chi connectivity index (χ0) is 8.72. The van der Waals surface area contributed by atoms with Crippen molar-refractivity contribution in [3.05, 3.63) is 0 Å². The van der Waals surface area contributed by atoms with Crippen LogP contribution in [0.1, 0.15) is 0 Å². The van der Waals surface area contributed by atoms with Gasteiger partial charge in [0.15, 0.2) is 5.78 Å². The summed E-state index contributed by atoms with van der Waals surface area (Å²) in [6, 6.07) is -0.637. The number of hydrazine groups is 1. The van der Waals surface area contributed by atoms with E-state index in [1.165, 1.54) is 0 Å². The third-order valence-electron chi connectivity index (χ3n) is 2.07. The molecule has 2 rings (SSSR count). The molecule has 2 atom stereocenters. The van der Waals surface area contributed by atoms with Gasteiger partial charge in [-0.15, -0.1) is 0 Å². The summed E-state index contributed by atoms with van der Waals surface area (Å²) < 4.78 is 5.05. The van der Waals surface area contributed by atoms with Gasteiger partial charge in [-0.1, -0.05) is 0 Å². The van der Waals surface area contributed by atoms with Crippen molar-refractivity contribution in [2.24, 2.45) is 0 Å². The maximum atomic E-state index is 11.1. The van der Waals surface area contributed by atoms with Crippen molar-refractivity contribution in [2.75, 3.05) is 13.2 Å². The maximum Gasteiger partial charge on any atom is 0.422 e. The molecule has 0 aliphatic carbocycles. The molecule has 0 spiro atoms. The maximum absolute atomic E-state index is 11.1. The Labute approximate surface area is 68.1 Å². The second kappa shape index (κ2) is 2.43. The molecule has 0 unspecified atom stereocenters. The highest BCUT2D eigenvalue weighted by Gasteiger charge is 2.47. The molecule has 6 heteroatoms. The highest BCUT2D eigenvalue weighted by Crippen LogP contribution is 2.20. The predicted octanol–water partition coefficient (Wildman–Crippen LogP) is -1.18. The number of hydrogen-bond acceptors (Lipinski definition) is 4. The summed E-state index contributed by atoms with van der Waals surface area (Å²) in [6.45, 7) is 0.420. The molecule has 2 aliphatic heterocycles. The lowest BCUT2D eigenvalue weighted by Crippen LogP contribution is -2.45. The van der Waals surface area contributed by atoms with E-state index in [-0.39, 0.29) is 18.5 Å². The quantitative estimate of drug-likeness (QED) is 0.481. The van der Waals surface area contributed by atoms with E-state index in [0.717, 1.165) is 5.01 Å². The minimum Gasteiger partial charge on any atom is -0.464 e. The molecule has 66 valence electrons. The summed E-state index contributed by atoms with van der Waals surface area (Å²) in [6.07, 6.45) is -1.44. The van der Waals surface area contributed by atoms with Gasteiger partial charge in [0.1, 0.15) is 18.8 Å². The van der Waals surface area contributed by atoms with Crippen LogP contribution in [0.15, 0.2) is 0 Å². The Balaban J connectivity index is 2.19. The van der Waals surface area contributed by atoms with Crippen molar-refractivity contribution < 1.29 is 19.4 Å². The zero-order valence-electron chi connectivity index (χ0n) is 6.19. The molecule has 2 aliphatic rings. The van der Waals surface area contributed by atoms with E-state index in [0.29, 0.717) is 6.54 Å². The van der Waals surface area contributed by atoms with Crippen LogP contribution in [0.2, 0.25) is 0 Å². The summed E-state index contributed by atoms with van der Waals surface area (Å²) in [4.78, 5) is 21.6. The van der Waals surface area contributed by atoms with E-state index in [1.54, 1.807) is 0 Å².